The van der Waals surface area contributed by atoms with Gasteiger partial charge in [-0.2, -0.15) is 0 Å². The standard InChI is InChI=1S/C22H27N3O3S/c1-14-10-15(2)12-18(11-14)28-13-19(26)24-25-21(29)23-20(27)16-6-8-17(9-7-16)22(3,4)5/h6-12H,13H2,1-5H3,(H,24,26)(H2,23,25,27,29). The van der Waals surface area contributed by atoms with Gasteiger partial charge in [-0.3, -0.25) is 25.8 Å². The second-order valence-electron chi connectivity index (χ2n) is 7.90. The third kappa shape index (κ3) is 7.19. The minimum absolute atomic E-state index is 0.00496. The molecule has 0 heterocycles. The smallest absolute Gasteiger partial charge is 0.276 e. The second-order valence-corrected chi connectivity index (χ2v) is 8.30. The van der Waals surface area contributed by atoms with Crippen molar-refractivity contribution in [2.24, 2.45) is 0 Å². The monoisotopic (exact) mass is 413 g/mol. The maximum absolute atomic E-state index is 12.3. The Morgan fingerprint density at radius 3 is 2.10 bits per heavy atom. The quantitative estimate of drug-likeness (QED) is 0.529. The highest BCUT2D eigenvalue weighted by atomic mass is 32.1. The van der Waals surface area contributed by atoms with Crippen LogP contribution in [0.1, 0.15) is 47.8 Å². The van der Waals surface area contributed by atoms with E-state index in [4.69, 9.17) is 17.0 Å². The van der Waals surface area contributed by atoms with Crippen molar-refractivity contribution in [3.8, 4) is 5.75 Å². The van der Waals surface area contributed by atoms with Crippen LogP contribution in [0.25, 0.3) is 0 Å². The number of carbonyl (C=O) groups excluding carboxylic acids is 2. The summed E-state index contributed by atoms with van der Waals surface area (Å²) in [6.45, 7) is 10.0. The number of ether oxygens (including phenoxy) is 1. The maximum atomic E-state index is 12.3. The lowest BCUT2D eigenvalue weighted by atomic mass is 9.87. The molecule has 0 aliphatic heterocycles. The molecule has 0 aliphatic rings. The van der Waals surface area contributed by atoms with Gasteiger partial charge in [0.05, 0.1) is 0 Å². The zero-order valence-electron chi connectivity index (χ0n) is 17.4. The third-order valence-electron chi connectivity index (χ3n) is 4.12. The van der Waals surface area contributed by atoms with E-state index in [2.05, 4.69) is 36.9 Å². The number of thiocarbonyl (C=S) groups is 1. The molecule has 2 aromatic carbocycles. The van der Waals surface area contributed by atoms with Gasteiger partial charge in [-0.1, -0.05) is 39.0 Å². The average Bonchev–Trinajstić information content (AvgIpc) is 2.63. The Morgan fingerprint density at radius 1 is 0.966 bits per heavy atom. The fourth-order valence-electron chi connectivity index (χ4n) is 2.66. The molecule has 2 aromatic rings. The van der Waals surface area contributed by atoms with E-state index in [0.717, 1.165) is 16.7 Å². The first kappa shape index (κ1) is 22.4. The summed E-state index contributed by atoms with van der Waals surface area (Å²) in [5, 5.41) is 2.52. The van der Waals surface area contributed by atoms with Crippen LogP contribution >= 0.6 is 12.2 Å². The van der Waals surface area contributed by atoms with E-state index in [1.54, 1.807) is 12.1 Å². The molecule has 0 bridgehead atoms. The Balaban J connectivity index is 1.78. The summed E-state index contributed by atoms with van der Waals surface area (Å²) in [6, 6.07) is 13.0. The summed E-state index contributed by atoms with van der Waals surface area (Å²) < 4.78 is 5.47. The molecular formula is C22H27N3O3S. The molecule has 0 spiro atoms. The topological polar surface area (TPSA) is 79.5 Å². The predicted molar refractivity (Wildman–Crippen MR) is 118 cm³/mol. The molecule has 0 radical (unpaired) electrons. The summed E-state index contributed by atoms with van der Waals surface area (Å²) in [5.41, 5.74) is 8.62. The predicted octanol–water partition coefficient (Wildman–Crippen LogP) is 3.32. The molecule has 2 rings (SSSR count). The maximum Gasteiger partial charge on any atom is 0.276 e. The molecule has 0 saturated carbocycles. The first-order valence-electron chi connectivity index (χ1n) is 9.26. The summed E-state index contributed by atoms with van der Waals surface area (Å²) in [4.78, 5) is 24.2. The van der Waals surface area contributed by atoms with E-state index in [-0.39, 0.29) is 23.0 Å². The fourth-order valence-corrected chi connectivity index (χ4v) is 2.80. The summed E-state index contributed by atoms with van der Waals surface area (Å²) in [7, 11) is 0. The van der Waals surface area contributed by atoms with Crippen LogP contribution in [0.4, 0.5) is 0 Å². The van der Waals surface area contributed by atoms with Crippen molar-refractivity contribution < 1.29 is 14.3 Å². The van der Waals surface area contributed by atoms with Crippen molar-refractivity contribution >= 4 is 29.1 Å². The largest absolute Gasteiger partial charge is 0.484 e. The number of aryl methyl sites for hydroxylation is 2. The van der Waals surface area contributed by atoms with E-state index in [0.29, 0.717) is 11.3 Å². The molecule has 0 aromatic heterocycles. The Labute approximate surface area is 177 Å². The number of carbonyl (C=O) groups is 2. The Kier molecular flexibility index (Phi) is 7.34. The van der Waals surface area contributed by atoms with Crippen molar-refractivity contribution in [2.75, 3.05) is 6.61 Å². The molecule has 7 heteroatoms. The normalized spacial score (nSPS) is 10.8. The highest BCUT2D eigenvalue weighted by Gasteiger charge is 2.15. The van der Waals surface area contributed by atoms with E-state index in [1.165, 1.54) is 0 Å². The summed E-state index contributed by atoms with van der Waals surface area (Å²) in [6.07, 6.45) is 0. The third-order valence-corrected chi connectivity index (χ3v) is 4.32. The molecule has 29 heavy (non-hydrogen) atoms. The van der Waals surface area contributed by atoms with Gasteiger partial charge in [0.15, 0.2) is 11.7 Å². The van der Waals surface area contributed by atoms with Crippen molar-refractivity contribution in [1.82, 2.24) is 16.2 Å². The molecular weight excluding hydrogens is 386 g/mol. The van der Waals surface area contributed by atoms with Gasteiger partial charge in [0.25, 0.3) is 11.8 Å². The SMILES string of the molecule is Cc1cc(C)cc(OCC(=O)NNC(=S)NC(=O)c2ccc(C(C)(C)C)cc2)c1. The Morgan fingerprint density at radius 2 is 1.55 bits per heavy atom. The lowest BCUT2D eigenvalue weighted by molar-refractivity contribution is -0.123. The molecule has 154 valence electrons. The minimum Gasteiger partial charge on any atom is -0.484 e. The molecule has 2 amide bonds. The second kappa shape index (κ2) is 9.52. The van der Waals surface area contributed by atoms with Crippen LogP contribution in [-0.4, -0.2) is 23.5 Å². The average molecular weight is 414 g/mol. The van der Waals surface area contributed by atoms with Gasteiger partial charge in [0.2, 0.25) is 0 Å². The lowest BCUT2D eigenvalue weighted by Crippen LogP contribution is -2.49. The van der Waals surface area contributed by atoms with Crippen LogP contribution in [0.3, 0.4) is 0 Å². The summed E-state index contributed by atoms with van der Waals surface area (Å²) in [5.74, 6) is -0.161. The van der Waals surface area contributed by atoms with Crippen molar-refractivity contribution in [3.05, 3.63) is 64.7 Å². The number of nitrogens with one attached hydrogen (secondary N) is 3. The number of hydrogen-bond acceptors (Lipinski definition) is 4. The minimum atomic E-state index is -0.421. The van der Waals surface area contributed by atoms with Gasteiger partial charge in [-0.05, 0) is 72.4 Å². The first-order valence-corrected chi connectivity index (χ1v) is 9.67. The van der Waals surface area contributed by atoms with E-state index < -0.39 is 5.91 Å². The van der Waals surface area contributed by atoms with Crippen molar-refractivity contribution in [3.63, 3.8) is 0 Å². The van der Waals surface area contributed by atoms with Crippen LogP contribution in [-0.2, 0) is 10.2 Å². The molecule has 3 N–H and O–H groups in total. The molecule has 0 atom stereocenters. The molecule has 6 nitrogen and oxygen atoms in total. The van der Waals surface area contributed by atoms with Gasteiger partial charge >= 0.3 is 0 Å². The molecule has 0 aliphatic carbocycles. The zero-order chi connectivity index (χ0) is 21.6. The number of rotatable bonds is 4. The molecule has 0 saturated heterocycles. The van der Waals surface area contributed by atoms with Crippen molar-refractivity contribution in [2.45, 2.75) is 40.0 Å². The number of hydrazine groups is 1. The Hall–Kier alpha value is -2.93. The first-order chi connectivity index (χ1) is 13.5. The van der Waals surface area contributed by atoms with E-state index in [9.17, 15) is 9.59 Å². The van der Waals surface area contributed by atoms with Gasteiger partial charge in [0.1, 0.15) is 5.75 Å². The van der Waals surface area contributed by atoms with Gasteiger partial charge in [0, 0.05) is 5.56 Å². The zero-order valence-corrected chi connectivity index (χ0v) is 18.2. The van der Waals surface area contributed by atoms with Gasteiger partial charge in [-0.15, -0.1) is 0 Å². The van der Waals surface area contributed by atoms with Gasteiger partial charge in [-0.25, -0.2) is 0 Å². The highest BCUT2D eigenvalue weighted by molar-refractivity contribution is 7.80. The Bertz CT molecular complexity index is 882. The molecule has 0 fully saturated rings. The van der Waals surface area contributed by atoms with E-state index >= 15 is 0 Å². The number of hydrogen-bond donors (Lipinski definition) is 3. The van der Waals surface area contributed by atoms with E-state index in [1.807, 2.05) is 44.2 Å². The number of benzene rings is 2. The highest BCUT2D eigenvalue weighted by Crippen LogP contribution is 2.22. The van der Waals surface area contributed by atoms with Crippen LogP contribution in [0.2, 0.25) is 0 Å². The van der Waals surface area contributed by atoms with Gasteiger partial charge < -0.3 is 4.74 Å². The lowest BCUT2D eigenvalue weighted by Gasteiger charge is -2.19. The number of amides is 2. The van der Waals surface area contributed by atoms with Crippen LogP contribution in [0, 0.1) is 13.8 Å². The van der Waals surface area contributed by atoms with Crippen LogP contribution in [0.5, 0.6) is 5.75 Å². The molecule has 0 unspecified atom stereocenters. The summed E-state index contributed by atoms with van der Waals surface area (Å²) >= 11 is 5.05. The van der Waals surface area contributed by atoms with Crippen LogP contribution in [0.15, 0.2) is 42.5 Å². The fraction of sp³-hybridized carbons (Fsp3) is 0.318. The van der Waals surface area contributed by atoms with Crippen LogP contribution < -0.4 is 20.9 Å². The van der Waals surface area contributed by atoms with Crippen molar-refractivity contribution in [1.29, 1.82) is 0 Å².